The van der Waals surface area contributed by atoms with E-state index in [-0.39, 0.29) is 5.82 Å². The van der Waals surface area contributed by atoms with Crippen molar-refractivity contribution in [3.63, 3.8) is 0 Å². The van der Waals surface area contributed by atoms with Gasteiger partial charge in [0.05, 0.1) is 22.6 Å². The molecule has 1 N–H and O–H groups in total. The summed E-state index contributed by atoms with van der Waals surface area (Å²) in [4.78, 5) is 4.07. The molecule has 0 spiro atoms. The predicted octanol–water partition coefficient (Wildman–Crippen LogP) is 4.21. The lowest BCUT2D eigenvalue weighted by atomic mass is 10.3. The van der Waals surface area contributed by atoms with Gasteiger partial charge in [0.2, 0.25) is 0 Å². The fraction of sp³-hybridized carbons (Fsp3) is 0.154. The molecule has 1 aromatic heterocycles. The van der Waals surface area contributed by atoms with Crippen molar-refractivity contribution in [1.29, 1.82) is 0 Å². The molecule has 1 aromatic carbocycles. The summed E-state index contributed by atoms with van der Waals surface area (Å²) in [5.74, 6) is 0.835. The van der Waals surface area contributed by atoms with Crippen molar-refractivity contribution in [3.05, 3.63) is 46.9 Å². The van der Waals surface area contributed by atoms with E-state index in [0.717, 1.165) is 12.2 Å². The van der Waals surface area contributed by atoms with Crippen molar-refractivity contribution < 1.29 is 9.13 Å². The molecule has 1 heterocycles. The minimum atomic E-state index is -0.311. The molecule has 0 saturated heterocycles. The molecule has 0 bridgehead atoms. The number of anilines is 1. The number of hydrogen-bond acceptors (Lipinski definition) is 3. The van der Waals surface area contributed by atoms with E-state index >= 15 is 0 Å². The van der Waals surface area contributed by atoms with Gasteiger partial charge in [0.25, 0.3) is 0 Å². The van der Waals surface area contributed by atoms with Crippen LogP contribution in [0.1, 0.15) is 6.92 Å². The summed E-state index contributed by atoms with van der Waals surface area (Å²) in [6.07, 6.45) is 3.33. The van der Waals surface area contributed by atoms with Crippen LogP contribution < -0.4 is 10.1 Å². The lowest BCUT2D eigenvalue weighted by molar-refractivity contribution is 0.475. The van der Waals surface area contributed by atoms with Crippen molar-refractivity contribution in [2.45, 2.75) is 6.92 Å². The fourth-order valence-corrected chi connectivity index (χ4v) is 1.89. The zero-order chi connectivity index (χ0) is 13.0. The summed E-state index contributed by atoms with van der Waals surface area (Å²) in [6.45, 7) is 2.81. The number of aromatic nitrogens is 1. The largest absolute Gasteiger partial charge is 0.454 e. The van der Waals surface area contributed by atoms with E-state index in [1.54, 1.807) is 18.5 Å². The number of benzene rings is 1. The quantitative estimate of drug-likeness (QED) is 0.918. The van der Waals surface area contributed by atoms with Gasteiger partial charge in [0.1, 0.15) is 17.3 Å². The Morgan fingerprint density at radius 2 is 2.17 bits per heavy atom. The minimum Gasteiger partial charge on any atom is -0.454 e. The molecular weight excluding hydrogens is 299 g/mol. The maximum absolute atomic E-state index is 12.9. The second kappa shape index (κ2) is 5.82. The Kier molecular flexibility index (Phi) is 4.15. The van der Waals surface area contributed by atoms with Gasteiger partial charge in [-0.05, 0) is 41.1 Å². The van der Waals surface area contributed by atoms with Crippen LogP contribution in [0.5, 0.6) is 11.5 Å². The first-order valence-electron chi connectivity index (χ1n) is 5.51. The normalized spacial score (nSPS) is 10.2. The molecule has 0 aliphatic carbocycles. The van der Waals surface area contributed by atoms with E-state index in [1.807, 2.05) is 13.0 Å². The first-order valence-corrected chi connectivity index (χ1v) is 6.30. The maximum Gasteiger partial charge on any atom is 0.147 e. The third-order valence-electron chi connectivity index (χ3n) is 2.22. The van der Waals surface area contributed by atoms with E-state index in [2.05, 4.69) is 26.2 Å². The molecule has 2 aromatic rings. The van der Waals surface area contributed by atoms with Crippen LogP contribution >= 0.6 is 15.9 Å². The number of halogens is 2. The molecule has 0 saturated carbocycles. The fourth-order valence-electron chi connectivity index (χ4n) is 1.46. The smallest absolute Gasteiger partial charge is 0.147 e. The average molecular weight is 311 g/mol. The van der Waals surface area contributed by atoms with E-state index in [0.29, 0.717) is 16.0 Å². The Labute approximate surface area is 113 Å². The number of hydrogen-bond donors (Lipinski definition) is 1. The molecule has 18 heavy (non-hydrogen) atoms. The van der Waals surface area contributed by atoms with Crippen LogP contribution in [0.15, 0.2) is 41.1 Å². The zero-order valence-corrected chi connectivity index (χ0v) is 11.4. The highest BCUT2D eigenvalue weighted by Gasteiger charge is 2.05. The third-order valence-corrected chi connectivity index (χ3v) is 2.84. The van der Waals surface area contributed by atoms with Gasteiger partial charge < -0.3 is 10.1 Å². The number of rotatable bonds is 4. The maximum atomic E-state index is 12.9. The molecule has 0 unspecified atom stereocenters. The second-order valence-electron chi connectivity index (χ2n) is 3.62. The number of nitrogens with zero attached hydrogens (tertiary/aromatic N) is 1. The monoisotopic (exact) mass is 310 g/mol. The number of pyridine rings is 1. The van der Waals surface area contributed by atoms with Crippen LogP contribution in [0, 0.1) is 5.82 Å². The first-order chi connectivity index (χ1) is 8.69. The molecular formula is C13H12BrFN2O. The Balaban J connectivity index is 2.20. The standard InChI is InChI=1S/C13H12BrFN2O/c1-2-17-10-6-11(8-16-7-10)18-13-4-3-9(15)5-12(13)14/h3-8,17H,2H2,1H3. The van der Waals surface area contributed by atoms with E-state index in [9.17, 15) is 4.39 Å². The van der Waals surface area contributed by atoms with E-state index < -0.39 is 0 Å². The highest BCUT2D eigenvalue weighted by molar-refractivity contribution is 9.10. The SMILES string of the molecule is CCNc1cncc(Oc2ccc(F)cc2Br)c1. The van der Waals surface area contributed by atoms with Crippen molar-refractivity contribution in [2.24, 2.45) is 0 Å². The Bertz CT molecular complexity index is 548. The van der Waals surface area contributed by atoms with E-state index in [4.69, 9.17) is 4.74 Å². The average Bonchev–Trinajstić information content (AvgIpc) is 2.34. The number of nitrogens with one attached hydrogen (secondary N) is 1. The molecule has 0 aliphatic heterocycles. The molecule has 0 radical (unpaired) electrons. The molecule has 0 amide bonds. The van der Waals surface area contributed by atoms with Crippen LogP contribution in [-0.4, -0.2) is 11.5 Å². The summed E-state index contributed by atoms with van der Waals surface area (Å²) in [5.41, 5.74) is 0.883. The van der Waals surface area contributed by atoms with Crippen molar-refractivity contribution >= 4 is 21.6 Å². The summed E-state index contributed by atoms with van der Waals surface area (Å²) < 4.78 is 19.1. The number of ether oxygens (including phenoxy) is 1. The molecule has 0 aliphatic rings. The first kappa shape index (κ1) is 12.8. The Hall–Kier alpha value is -1.62. The third kappa shape index (κ3) is 3.20. The lowest BCUT2D eigenvalue weighted by Crippen LogP contribution is -1.97. The molecule has 2 rings (SSSR count). The zero-order valence-electron chi connectivity index (χ0n) is 9.78. The van der Waals surface area contributed by atoms with Gasteiger partial charge in [-0.25, -0.2) is 4.39 Å². The van der Waals surface area contributed by atoms with Crippen LogP contribution in [-0.2, 0) is 0 Å². The van der Waals surface area contributed by atoms with Crippen molar-refractivity contribution in [2.75, 3.05) is 11.9 Å². The highest BCUT2D eigenvalue weighted by atomic mass is 79.9. The van der Waals surface area contributed by atoms with Gasteiger partial charge in [-0.1, -0.05) is 0 Å². The second-order valence-corrected chi connectivity index (χ2v) is 4.47. The van der Waals surface area contributed by atoms with E-state index in [1.165, 1.54) is 12.1 Å². The minimum absolute atomic E-state index is 0.311. The Morgan fingerprint density at radius 3 is 2.89 bits per heavy atom. The van der Waals surface area contributed by atoms with Gasteiger partial charge >= 0.3 is 0 Å². The predicted molar refractivity (Wildman–Crippen MR) is 72.6 cm³/mol. The summed E-state index contributed by atoms with van der Waals surface area (Å²) >= 11 is 3.25. The summed E-state index contributed by atoms with van der Waals surface area (Å²) in [5, 5.41) is 3.14. The van der Waals surface area contributed by atoms with Crippen LogP contribution in [0.3, 0.4) is 0 Å². The van der Waals surface area contributed by atoms with Gasteiger partial charge in [0.15, 0.2) is 0 Å². The van der Waals surface area contributed by atoms with Crippen LogP contribution in [0.25, 0.3) is 0 Å². The van der Waals surface area contributed by atoms with Gasteiger partial charge in [0, 0.05) is 12.6 Å². The lowest BCUT2D eigenvalue weighted by Gasteiger charge is -2.09. The van der Waals surface area contributed by atoms with Gasteiger partial charge in [-0.2, -0.15) is 0 Å². The summed E-state index contributed by atoms with van der Waals surface area (Å²) in [7, 11) is 0. The molecule has 5 heteroatoms. The molecule has 0 fully saturated rings. The van der Waals surface area contributed by atoms with Crippen molar-refractivity contribution in [3.8, 4) is 11.5 Å². The Morgan fingerprint density at radius 1 is 1.33 bits per heavy atom. The molecule has 0 atom stereocenters. The van der Waals surface area contributed by atoms with Gasteiger partial charge in [-0.15, -0.1) is 0 Å². The van der Waals surface area contributed by atoms with Crippen LogP contribution in [0.4, 0.5) is 10.1 Å². The molecule has 3 nitrogen and oxygen atoms in total. The van der Waals surface area contributed by atoms with Crippen molar-refractivity contribution in [1.82, 2.24) is 4.98 Å². The van der Waals surface area contributed by atoms with Crippen LogP contribution in [0.2, 0.25) is 0 Å². The topological polar surface area (TPSA) is 34.2 Å². The highest BCUT2D eigenvalue weighted by Crippen LogP contribution is 2.30. The molecule has 94 valence electrons. The summed E-state index contributed by atoms with van der Waals surface area (Å²) in [6, 6.07) is 6.12. The van der Waals surface area contributed by atoms with Gasteiger partial charge in [-0.3, -0.25) is 4.98 Å².